The summed E-state index contributed by atoms with van der Waals surface area (Å²) in [6.07, 6.45) is -7.67. The van der Waals surface area contributed by atoms with Gasteiger partial charge in [-0.05, 0) is 50.4 Å². The maximum Gasteiger partial charge on any atom is 0.471 e. The fourth-order valence-corrected chi connectivity index (χ4v) is 2.41. The largest absolute Gasteiger partial charge is 0.493 e. The number of rotatable bonds is 6. The lowest BCUT2D eigenvalue weighted by atomic mass is 10.1. The van der Waals surface area contributed by atoms with Crippen LogP contribution in [-0.2, 0) is 12.6 Å². The van der Waals surface area contributed by atoms with Crippen LogP contribution >= 0.6 is 0 Å². The number of halogens is 3. The minimum absolute atomic E-state index is 0.0471. The van der Waals surface area contributed by atoms with Crippen LogP contribution in [0.15, 0.2) is 27.2 Å². The normalized spacial score (nSPS) is 15.0. The van der Waals surface area contributed by atoms with Gasteiger partial charge in [-0.1, -0.05) is 10.3 Å². The van der Waals surface area contributed by atoms with Crippen LogP contribution in [0.3, 0.4) is 0 Å². The second-order valence-electron chi connectivity index (χ2n) is 5.85. The van der Waals surface area contributed by atoms with Gasteiger partial charge >= 0.3 is 12.1 Å². The minimum atomic E-state index is -4.78. The standard InChI is InChI=1S/C18H18F3N3O3/c1-10-7-13(16-22-17(27-24-16)18(19,20)21)8-11(2)15(10)25-6-4-5-14-9-12(3)23-26-14/h7-9H,4-6H2,1-3H3/i4D2,6D2. The average Bonchev–Trinajstić information content (AvgIpc) is 3.26. The highest BCUT2D eigenvalue weighted by Crippen LogP contribution is 2.32. The van der Waals surface area contributed by atoms with E-state index < -0.39 is 31.4 Å². The van der Waals surface area contributed by atoms with Crippen LogP contribution in [0.25, 0.3) is 11.4 Å². The fourth-order valence-electron chi connectivity index (χ4n) is 2.41. The molecule has 9 heteroatoms. The molecule has 3 rings (SSSR count). The lowest BCUT2D eigenvalue weighted by Gasteiger charge is -2.13. The van der Waals surface area contributed by atoms with Crippen molar-refractivity contribution in [2.45, 2.75) is 39.7 Å². The molecule has 144 valence electrons. The molecular weight excluding hydrogens is 363 g/mol. The highest BCUT2D eigenvalue weighted by Gasteiger charge is 2.38. The van der Waals surface area contributed by atoms with E-state index in [1.807, 2.05) is 0 Å². The first-order chi connectivity index (χ1) is 14.2. The summed E-state index contributed by atoms with van der Waals surface area (Å²) in [5.74, 6) is -1.56. The van der Waals surface area contributed by atoms with Crippen LogP contribution in [0.5, 0.6) is 5.75 Å². The molecule has 3 aromatic rings. The van der Waals surface area contributed by atoms with Crippen molar-refractivity contribution < 1.29 is 32.4 Å². The maximum absolute atomic E-state index is 12.7. The fraction of sp³-hybridized carbons (Fsp3) is 0.389. The third-order valence-corrected chi connectivity index (χ3v) is 3.55. The molecule has 6 nitrogen and oxygen atoms in total. The van der Waals surface area contributed by atoms with Gasteiger partial charge in [-0.25, -0.2) is 0 Å². The second-order valence-corrected chi connectivity index (χ2v) is 5.85. The summed E-state index contributed by atoms with van der Waals surface area (Å²) in [5, 5.41) is 6.99. The summed E-state index contributed by atoms with van der Waals surface area (Å²) in [4.78, 5) is 3.33. The Bertz CT molecular complexity index is 1070. The summed E-state index contributed by atoms with van der Waals surface area (Å²) in [6, 6.07) is 4.30. The van der Waals surface area contributed by atoms with Gasteiger partial charge in [0.25, 0.3) is 0 Å². The van der Waals surface area contributed by atoms with Gasteiger partial charge in [0.05, 0.1) is 15.0 Å². The molecular formula is C18H18F3N3O3. The first-order valence-electron chi connectivity index (χ1n) is 9.83. The number of hydrogen-bond acceptors (Lipinski definition) is 6. The molecule has 0 bridgehead atoms. The van der Waals surface area contributed by atoms with E-state index >= 15 is 0 Å². The monoisotopic (exact) mass is 385 g/mol. The molecule has 0 radical (unpaired) electrons. The molecule has 2 heterocycles. The average molecular weight is 385 g/mol. The first kappa shape index (κ1) is 14.2. The SMILES string of the molecule is [2H]C([2H])(Cc1cc(C)no1)C([2H])([2H])Oc1c(C)cc(-c2noc(C(F)(F)F)n2)cc1C. The number of alkyl halides is 3. The summed E-state index contributed by atoms with van der Waals surface area (Å²) in [7, 11) is 0. The van der Waals surface area contributed by atoms with Crippen LogP contribution in [0, 0.1) is 20.8 Å². The molecule has 0 saturated carbocycles. The first-order valence-corrected chi connectivity index (χ1v) is 7.83. The van der Waals surface area contributed by atoms with Crippen molar-refractivity contribution in [3.05, 3.63) is 46.7 Å². The molecule has 0 atom stereocenters. The summed E-state index contributed by atoms with van der Waals surface area (Å²) >= 11 is 0. The zero-order valence-electron chi connectivity index (χ0n) is 18.6. The van der Waals surface area contributed by atoms with E-state index in [0.717, 1.165) is 0 Å². The third kappa shape index (κ3) is 4.47. The number of nitrogens with zero attached hydrogens (tertiary/aromatic N) is 3. The van der Waals surface area contributed by atoms with Crippen molar-refractivity contribution in [3.8, 4) is 17.1 Å². The predicted octanol–water partition coefficient (Wildman–Crippen LogP) is 4.68. The van der Waals surface area contributed by atoms with E-state index in [4.69, 9.17) is 14.7 Å². The van der Waals surface area contributed by atoms with E-state index in [1.165, 1.54) is 18.2 Å². The number of hydrogen-bond donors (Lipinski definition) is 0. The Balaban J connectivity index is 1.86. The van der Waals surface area contributed by atoms with Crippen LogP contribution in [0.1, 0.15) is 40.3 Å². The molecule has 0 fully saturated rings. The Morgan fingerprint density at radius 3 is 2.33 bits per heavy atom. The van der Waals surface area contributed by atoms with Crippen LogP contribution in [-0.4, -0.2) is 21.9 Å². The van der Waals surface area contributed by atoms with Crippen LogP contribution in [0.4, 0.5) is 13.2 Å². The molecule has 0 aliphatic rings. The van der Waals surface area contributed by atoms with Crippen molar-refractivity contribution in [2.24, 2.45) is 0 Å². The summed E-state index contributed by atoms with van der Waals surface area (Å²) in [5.41, 5.74) is 1.44. The minimum Gasteiger partial charge on any atom is -0.493 e. The quantitative estimate of drug-likeness (QED) is 0.613. The number of ether oxygens (including phenoxy) is 1. The van der Waals surface area contributed by atoms with Gasteiger partial charge in [0, 0.05) is 20.8 Å². The van der Waals surface area contributed by atoms with Crippen LogP contribution in [0.2, 0.25) is 0 Å². The van der Waals surface area contributed by atoms with E-state index in [0.29, 0.717) is 16.8 Å². The molecule has 0 amide bonds. The maximum atomic E-state index is 12.7. The van der Waals surface area contributed by atoms with Gasteiger partial charge < -0.3 is 13.8 Å². The molecule has 2 aromatic heterocycles. The molecule has 0 N–H and O–H groups in total. The van der Waals surface area contributed by atoms with Gasteiger partial charge in [0.15, 0.2) is 0 Å². The van der Waals surface area contributed by atoms with Gasteiger partial charge in [-0.2, -0.15) is 18.2 Å². The van der Waals surface area contributed by atoms with Crippen molar-refractivity contribution in [1.82, 2.24) is 15.3 Å². The number of aryl methyl sites for hydroxylation is 4. The summed E-state index contributed by atoms with van der Waals surface area (Å²) in [6.45, 7) is 1.98. The van der Waals surface area contributed by atoms with Gasteiger partial charge in [0.1, 0.15) is 11.5 Å². The van der Waals surface area contributed by atoms with Gasteiger partial charge in [0.2, 0.25) is 5.82 Å². The molecule has 0 saturated heterocycles. The highest BCUT2D eigenvalue weighted by molar-refractivity contribution is 5.61. The van der Waals surface area contributed by atoms with E-state index in [1.54, 1.807) is 20.8 Å². The smallest absolute Gasteiger partial charge is 0.471 e. The second kappa shape index (κ2) is 7.42. The summed E-state index contributed by atoms with van der Waals surface area (Å²) < 4.78 is 85.3. The predicted molar refractivity (Wildman–Crippen MR) is 89.3 cm³/mol. The Kier molecular flexibility index (Phi) is 3.91. The molecule has 27 heavy (non-hydrogen) atoms. The van der Waals surface area contributed by atoms with E-state index in [9.17, 15) is 13.2 Å². The Hall–Kier alpha value is -2.84. The Morgan fingerprint density at radius 1 is 1.07 bits per heavy atom. The molecule has 0 aliphatic carbocycles. The lowest BCUT2D eigenvalue weighted by molar-refractivity contribution is -0.159. The third-order valence-electron chi connectivity index (χ3n) is 3.55. The zero-order valence-corrected chi connectivity index (χ0v) is 14.6. The molecule has 1 aromatic carbocycles. The Labute approximate surface area is 158 Å². The number of benzene rings is 1. The lowest BCUT2D eigenvalue weighted by Crippen LogP contribution is -2.05. The molecule has 0 aliphatic heterocycles. The van der Waals surface area contributed by atoms with Gasteiger partial charge in [-0.3, -0.25) is 0 Å². The van der Waals surface area contributed by atoms with Crippen LogP contribution < -0.4 is 4.74 Å². The highest BCUT2D eigenvalue weighted by atomic mass is 19.4. The van der Waals surface area contributed by atoms with E-state index in [2.05, 4.69) is 19.8 Å². The zero-order chi connectivity index (χ0) is 23.2. The number of aromatic nitrogens is 3. The molecule has 0 unspecified atom stereocenters. The topological polar surface area (TPSA) is 74.2 Å². The van der Waals surface area contributed by atoms with Crippen molar-refractivity contribution in [2.75, 3.05) is 6.56 Å². The van der Waals surface area contributed by atoms with Crippen molar-refractivity contribution in [3.63, 3.8) is 0 Å². The Morgan fingerprint density at radius 2 is 1.78 bits per heavy atom. The van der Waals surface area contributed by atoms with Crippen molar-refractivity contribution in [1.29, 1.82) is 0 Å². The molecule has 0 spiro atoms. The van der Waals surface area contributed by atoms with Crippen molar-refractivity contribution >= 4 is 0 Å². The van der Waals surface area contributed by atoms with Gasteiger partial charge in [-0.15, -0.1) is 0 Å². The van der Waals surface area contributed by atoms with E-state index in [-0.39, 0.29) is 22.9 Å².